The molecular weight excluding hydrogens is 282 g/mol. The number of para-hydroxylation sites is 1. The molecule has 0 saturated carbocycles. The van der Waals surface area contributed by atoms with E-state index in [1.807, 2.05) is 13.0 Å². The molecular formula is C16H21N3O3. The molecule has 2 atom stereocenters. The molecule has 0 aliphatic carbocycles. The third kappa shape index (κ3) is 4.14. The van der Waals surface area contributed by atoms with Crippen LogP contribution < -0.4 is 10.9 Å². The number of hydrogen-bond donors (Lipinski definition) is 2. The minimum Gasteiger partial charge on any atom is -0.393 e. The maximum atomic E-state index is 12.3. The van der Waals surface area contributed by atoms with E-state index in [4.69, 9.17) is 0 Å². The highest BCUT2D eigenvalue weighted by Gasteiger charge is 2.10. The summed E-state index contributed by atoms with van der Waals surface area (Å²) in [5.74, 6) is -0.0629. The summed E-state index contributed by atoms with van der Waals surface area (Å²) in [6.07, 6.45) is 1.63. The van der Waals surface area contributed by atoms with E-state index in [9.17, 15) is 14.7 Å². The lowest BCUT2D eigenvalue weighted by molar-refractivity contribution is -0.121. The maximum absolute atomic E-state index is 12.3. The van der Waals surface area contributed by atoms with Gasteiger partial charge in [0, 0.05) is 6.54 Å². The van der Waals surface area contributed by atoms with Gasteiger partial charge in [-0.25, -0.2) is 4.98 Å². The first-order chi connectivity index (χ1) is 10.5. The van der Waals surface area contributed by atoms with E-state index in [1.165, 1.54) is 10.9 Å². The van der Waals surface area contributed by atoms with E-state index in [2.05, 4.69) is 10.3 Å². The highest BCUT2D eigenvalue weighted by Crippen LogP contribution is 2.05. The average Bonchev–Trinajstić information content (AvgIpc) is 2.48. The molecule has 2 unspecified atom stereocenters. The van der Waals surface area contributed by atoms with Gasteiger partial charge in [-0.05, 0) is 31.4 Å². The molecule has 6 nitrogen and oxygen atoms in total. The predicted molar refractivity (Wildman–Crippen MR) is 84.5 cm³/mol. The third-order valence-corrected chi connectivity index (χ3v) is 3.44. The van der Waals surface area contributed by atoms with E-state index in [0.717, 1.165) is 0 Å². The van der Waals surface area contributed by atoms with Gasteiger partial charge in [-0.1, -0.05) is 19.1 Å². The number of rotatable bonds is 6. The monoisotopic (exact) mass is 303 g/mol. The summed E-state index contributed by atoms with van der Waals surface area (Å²) in [6, 6.07) is 7.05. The number of aromatic nitrogens is 2. The smallest absolute Gasteiger partial charge is 0.261 e. The molecule has 0 aliphatic heterocycles. The largest absolute Gasteiger partial charge is 0.393 e. The Kier molecular flexibility index (Phi) is 5.27. The van der Waals surface area contributed by atoms with Gasteiger partial charge in [0.25, 0.3) is 5.56 Å². The van der Waals surface area contributed by atoms with E-state index in [0.29, 0.717) is 23.9 Å². The van der Waals surface area contributed by atoms with Crippen LogP contribution in [0.15, 0.2) is 35.4 Å². The third-order valence-electron chi connectivity index (χ3n) is 3.44. The zero-order valence-electron chi connectivity index (χ0n) is 12.8. The van der Waals surface area contributed by atoms with Gasteiger partial charge in [-0.3, -0.25) is 14.2 Å². The summed E-state index contributed by atoms with van der Waals surface area (Å²) >= 11 is 0. The summed E-state index contributed by atoms with van der Waals surface area (Å²) in [6.45, 7) is 4.09. The molecule has 118 valence electrons. The molecule has 0 spiro atoms. The van der Waals surface area contributed by atoms with Crippen LogP contribution >= 0.6 is 0 Å². The van der Waals surface area contributed by atoms with Crippen molar-refractivity contribution in [3.63, 3.8) is 0 Å². The van der Waals surface area contributed by atoms with Crippen LogP contribution in [0.25, 0.3) is 10.9 Å². The Morgan fingerprint density at radius 1 is 1.36 bits per heavy atom. The second kappa shape index (κ2) is 7.17. The average molecular weight is 303 g/mol. The van der Waals surface area contributed by atoms with Crippen LogP contribution in [0.4, 0.5) is 0 Å². The Labute approximate surface area is 128 Å². The number of benzene rings is 1. The Balaban J connectivity index is 2.00. The van der Waals surface area contributed by atoms with Crippen LogP contribution in [0.3, 0.4) is 0 Å². The van der Waals surface area contributed by atoms with Gasteiger partial charge >= 0.3 is 0 Å². The van der Waals surface area contributed by atoms with Crippen LogP contribution in [-0.2, 0) is 11.3 Å². The molecule has 0 fully saturated rings. The predicted octanol–water partition coefficient (Wildman–Crippen LogP) is 0.920. The Hall–Kier alpha value is -2.21. The number of carbonyl (C=O) groups excluding carboxylic acids is 1. The highest BCUT2D eigenvalue weighted by molar-refractivity contribution is 5.78. The van der Waals surface area contributed by atoms with Crippen molar-refractivity contribution in [3.8, 4) is 0 Å². The zero-order chi connectivity index (χ0) is 16.1. The molecule has 2 N–H and O–H groups in total. The Morgan fingerprint density at radius 2 is 2.09 bits per heavy atom. The van der Waals surface area contributed by atoms with Gasteiger partial charge in [0.15, 0.2) is 0 Å². The molecule has 1 aromatic carbocycles. The molecule has 0 saturated heterocycles. The van der Waals surface area contributed by atoms with Gasteiger partial charge in [0.05, 0.1) is 23.3 Å². The number of aliphatic hydroxyl groups is 1. The summed E-state index contributed by atoms with van der Waals surface area (Å²) < 4.78 is 1.30. The van der Waals surface area contributed by atoms with Crippen molar-refractivity contribution in [1.29, 1.82) is 0 Å². The van der Waals surface area contributed by atoms with E-state index < -0.39 is 0 Å². The lowest BCUT2D eigenvalue weighted by atomic mass is 10.1. The number of hydrogen-bond acceptors (Lipinski definition) is 4. The number of aliphatic hydroxyl groups excluding tert-OH is 1. The number of nitrogens with zero attached hydrogens (tertiary/aromatic N) is 2. The van der Waals surface area contributed by atoms with E-state index >= 15 is 0 Å². The normalized spacial score (nSPS) is 13.8. The molecule has 1 aromatic heterocycles. The molecule has 0 radical (unpaired) electrons. The van der Waals surface area contributed by atoms with Gasteiger partial charge in [0.2, 0.25) is 5.91 Å². The molecule has 1 heterocycles. The minimum atomic E-state index is -0.390. The van der Waals surface area contributed by atoms with Crippen LogP contribution in [0.1, 0.15) is 20.3 Å². The molecule has 0 bridgehead atoms. The first-order valence-electron chi connectivity index (χ1n) is 7.36. The van der Waals surface area contributed by atoms with Crippen molar-refractivity contribution in [2.45, 2.75) is 32.9 Å². The van der Waals surface area contributed by atoms with Gasteiger partial charge in [-0.2, -0.15) is 0 Å². The SMILES string of the molecule is CC(O)CC(C)CNC(=O)Cn1cnc2ccccc2c1=O. The molecule has 2 rings (SSSR count). The van der Waals surface area contributed by atoms with Crippen molar-refractivity contribution in [3.05, 3.63) is 40.9 Å². The lowest BCUT2D eigenvalue weighted by Crippen LogP contribution is -2.35. The fourth-order valence-corrected chi connectivity index (χ4v) is 2.38. The molecule has 1 amide bonds. The second-order valence-electron chi connectivity index (χ2n) is 5.69. The first-order valence-corrected chi connectivity index (χ1v) is 7.36. The number of fused-ring (bicyclic) bond motifs is 1. The molecule has 22 heavy (non-hydrogen) atoms. The quantitative estimate of drug-likeness (QED) is 0.831. The highest BCUT2D eigenvalue weighted by atomic mass is 16.3. The Morgan fingerprint density at radius 3 is 2.82 bits per heavy atom. The number of carbonyl (C=O) groups is 1. The van der Waals surface area contributed by atoms with Gasteiger partial charge < -0.3 is 10.4 Å². The molecule has 6 heteroatoms. The van der Waals surface area contributed by atoms with Crippen LogP contribution in [-0.4, -0.2) is 33.2 Å². The maximum Gasteiger partial charge on any atom is 0.261 e. The minimum absolute atomic E-state index is 0.0575. The van der Waals surface area contributed by atoms with E-state index in [1.54, 1.807) is 25.1 Å². The Bertz CT molecular complexity index is 709. The lowest BCUT2D eigenvalue weighted by Gasteiger charge is -2.14. The molecule has 0 aliphatic rings. The zero-order valence-corrected chi connectivity index (χ0v) is 12.8. The fourth-order valence-electron chi connectivity index (χ4n) is 2.38. The van der Waals surface area contributed by atoms with Crippen molar-refractivity contribution in [2.24, 2.45) is 5.92 Å². The number of amides is 1. The second-order valence-corrected chi connectivity index (χ2v) is 5.69. The summed E-state index contributed by atoms with van der Waals surface area (Å²) in [5.41, 5.74) is 0.396. The van der Waals surface area contributed by atoms with E-state index in [-0.39, 0.29) is 30.0 Å². The van der Waals surface area contributed by atoms with Crippen LogP contribution in [0.5, 0.6) is 0 Å². The van der Waals surface area contributed by atoms with Crippen molar-refractivity contribution in [2.75, 3.05) is 6.54 Å². The van der Waals surface area contributed by atoms with Crippen molar-refractivity contribution in [1.82, 2.24) is 14.9 Å². The summed E-state index contributed by atoms with van der Waals surface area (Å²) in [7, 11) is 0. The summed E-state index contributed by atoms with van der Waals surface area (Å²) in [5, 5.41) is 12.6. The van der Waals surface area contributed by atoms with Gasteiger partial charge in [0.1, 0.15) is 6.54 Å². The first kappa shape index (κ1) is 16.2. The van der Waals surface area contributed by atoms with Crippen LogP contribution in [0.2, 0.25) is 0 Å². The van der Waals surface area contributed by atoms with Crippen molar-refractivity contribution >= 4 is 16.8 Å². The van der Waals surface area contributed by atoms with Gasteiger partial charge in [-0.15, -0.1) is 0 Å². The number of nitrogens with one attached hydrogen (secondary N) is 1. The molecule has 2 aromatic rings. The van der Waals surface area contributed by atoms with Crippen molar-refractivity contribution < 1.29 is 9.90 Å². The van der Waals surface area contributed by atoms with Crippen LogP contribution in [0, 0.1) is 5.92 Å². The topological polar surface area (TPSA) is 84.2 Å². The fraction of sp³-hybridized carbons (Fsp3) is 0.438. The standard InChI is InChI=1S/C16H21N3O3/c1-11(7-12(2)20)8-17-15(21)9-19-10-18-14-6-4-3-5-13(14)16(19)22/h3-6,10-12,20H,7-9H2,1-2H3,(H,17,21). The summed E-state index contributed by atoms with van der Waals surface area (Å²) in [4.78, 5) is 28.4.